The Morgan fingerprint density at radius 1 is 1.24 bits per heavy atom. The van der Waals surface area contributed by atoms with Crippen molar-refractivity contribution in [3.8, 4) is 11.5 Å². The lowest BCUT2D eigenvalue weighted by molar-refractivity contribution is -0.144. The highest BCUT2D eigenvalue weighted by Gasteiger charge is 2.17. The van der Waals surface area contributed by atoms with Crippen molar-refractivity contribution < 1.29 is 28.2 Å². The molecule has 1 aromatic heterocycles. The summed E-state index contributed by atoms with van der Waals surface area (Å²) in [7, 11) is 0. The molecule has 1 aliphatic rings. The predicted octanol–water partition coefficient (Wildman–Crippen LogP) is 2.57. The van der Waals surface area contributed by atoms with Crippen molar-refractivity contribution in [3.05, 3.63) is 46.9 Å². The molecule has 2 aromatic rings. The van der Waals surface area contributed by atoms with Crippen molar-refractivity contribution >= 4 is 23.5 Å². The van der Waals surface area contributed by atoms with Crippen LogP contribution in [-0.2, 0) is 16.1 Å². The molecule has 3 rings (SSSR count). The van der Waals surface area contributed by atoms with Crippen LogP contribution < -0.4 is 14.8 Å². The predicted molar refractivity (Wildman–Crippen MR) is 87.9 cm³/mol. The Morgan fingerprint density at radius 3 is 2.88 bits per heavy atom. The van der Waals surface area contributed by atoms with Gasteiger partial charge in [-0.2, -0.15) is 0 Å². The normalized spacial score (nSPS) is 12.5. The highest BCUT2D eigenvalue weighted by molar-refractivity contribution is 6.32. The van der Waals surface area contributed by atoms with Crippen LogP contribution in [-0.4, -0.2) is 31.6 Å². The molecule has 0 saturated carbocycles. The van der Waals surface area contributed by atoms with Crippen LogP contribution in [0.2, 0.25) is 5.02 Å². The number of ether oxygens (including phenoxy) is 3. The van der Waals surface area contributed by atoms with Crippen LogP contribution in [0, 0.1) is 0 Å². The Balaban J connectivity index is 1.44. The van der Waals surface area contributed by atoms with Crippen LogP contribution in [0.1, 0.15) is 22.5 Å². The van der Waals surface area contributed by atoms with Crippen LogP contribution in [0.15, 0.2) is 34.9 Å². The van der Waals surface area contributed by atoms with E-state index in [0.717, 1.165) is 0 Å². The number of furan rings is 1. The Bertz CT molecular complexity index is 759. The minimum atomic E-state index is -0.439. The molecule has 132 valence electrons. The van der Waals surface area contributed by atoms with Gasteiger partial charge in [-0.25, -0.2) is 0 Å². The molecule has 0 atom stereocenters. The number of amides is 1. The third kappa shape index (κ3) is 4.45. The molecule has 25 heavy (non-hydrogen) atoms. The quantitative estimate of drug-likeness (QED) is 0.792. The van der Waals surface area contributed by atoms with Crippen LogP contribution in [0.5, 0.6) is 11.5 Å². The van der Waals surface area contributed by atoms with E-state index in [9.17, 15) is 9.59 Å². The Hall–Kier alpha value is -2.67. The third-order valence-corrected chi connectivity index (χ3v) is 3.70. The van der Waals surface area contributed by atoms with E-state index < -0.39 is 5.97 Å². The molecule has 2 heterocycles. The first-order valence-corrected chi connectivity index (χ1v) is 8.06. The van der Waals surface area contributed by atoms with Gasteiger partial charge in [-0.3, -0.25) is 9.59 Å². The van der Waals surface area contributed by atoms with Gasteiger partial charge in [-0.15, -0.1) is 0 Å². The number of hydrogen-bond donors (Lipinski definition) is 1. The van der Waals surface area contributed by atoms with Crippen molar-refractivity contribution in [1.82, 2.24) is 5.32 Å². The second-order valence-corrected chi connectivity index (χ2v) is 5.65. The summed E-state index contributed by atoms with van der Waals surface area (Å²) in [6, 6.07) is 6.55. The van der Waals surface area contributed by atoms with Crippen molar-refractivity contribution in [2.75, 3.05) is 19.8 Å². The molecule has 0 aliphatic carbocycles. The Kier molecular flexibility index (Phi) is 5.45. The molecule has 1 aromatic carbocycles. The van der Waals surface area contributed by atoms with Gasteiger partial charge in [0.25, 0.3) is 5.91 Å². The maximum atomic E-state index is 11.8. The second-order valence-electron chi connectivity index (χ2n) is 5.25. The fourth-order valence-electron chi connectivity index (χ4n) is 2.26. The fourth-order valence-corrected chi connectivity index (χ4v) is 2.54. The van der Waals surface area contributed by atoms with Gasteiger partial charge in [0.05, 0.1) is 17.7 Å². The van der Waals surface area contributed by atoms with Crippen molar-refractivity contribution in [2.45, 2.75) is 13.0 Å². The molecule has 0 bridgehead atoms. The summed E-state index contributed by atoms with van der Waals surface area (Å²) in [6.07, 6.45) is 1.45. The first-order chi connectivity index (χ1) is 12.1. The van der Waals surface area contributed by atoms with E-state index in [1.54, 1.807) is 24.3 Å². The van der Waals surface area contributed by atoms with E-state index in [4.69, 9.17) is 30.2 Å². The minimum absolute atomic E-state index is 0.0464. The summed E-state index contributed by atoms with van der Waals surface area (Å²) in [5, 5.41) is 2.98. The van der Waals surface area contributed by atoms with Crippen molar-refractivity contribution in [2.24, 2.45) is 0 Å². The Morgan fingerprint density at radius 2 is 2.08 bits per heavy atom. The molecular weight excluding hydrogens is 350 g/mol. The molecule has 0 saturated heterocycles. The highest BCUT2D eigenvalue weighted by Crippen LogP contribution is 2.38. The number of benzene rings is 1. The summed E-state index contributed by atoms with van der Waals surface area (Å²) < 4.78 is 21.0. The number of fused-ring (bicyclic) bond motifs is 1. The number of rotatable bonds is 6. The van der Waals surface area contributed by atoms with Crippen LogP contribution in [0.25, 0.3) is 0 Å². The number of carbonyl (C=O) groups is 2. The summed E-state index contributed by atoms with van der Waals surface area (Å²) in [4.78, 5) is 23.4. The average molecular weight is 366 g/mol. The van der Waals surface area contributed by atoms with E-state index >= 15 is 0 Å². The Labute approximate surface area is 148 Å². The lowest BCUT2D eigenvalue weighted by Gasteiger charge is -2.20. The molecule has 8 heteroatoms. The number of carbonyl (C=O) groups excluding carboxylic acids is 2. The summed E-state index contributed by atoms with van der Waals surface area (Å²) in [5.74, 6) is 0.417. The van der Waals surface area contributed by atoms with E-state index in [-0.39, 0.29) is 31.2 Å². The van der Waals surface area contributed by atoms with Gasteiger partial charge >= 0.3 is 5.97 Å². The molecule has 1 aliphatic heterocycles. The number of halogens is 1. The number of nitrogens with one attached hydrogen (secondary N) is 1. The molecule has 0 spiro atoms. The number of hydrogen-bond acceptors (Lipinski definition) is 6. The lowest BCUT2D eigenvalue weighted by atomic mass is 10.2. The van der Waals surface area contributed by atoms with Crippen LogP contribution in [0.4, 0.5) is 0 Å². The molecule has 1 N–H and O–H groups in total. The highest BCUT2D eigenvalue weighted by atomic mass is 35.5. The van der Waals surface area contributed by atoms with Gasteiger partial charge in [0.1, 0.15) is 19.8 Å². The standard InChI is InChI=1S/C17H16ClNO6/c18-12-8-11(9-14-16(12)24-7-6-23-14)10-25-15(20)3-4-19-17(21)13-2-1-5-22-13/h1-2,5,8-9H,3-4,6-7,10H2,(H,19,21). The molecule has 0 radical (unpaired) electrons. The minimum Gasteiger partial charge on any atom is -0.486 e. The lowest BCUT2D eigenvalue weighted by Crippen LogP contribution is -2.26. The van der Waals surface area contributed by atoms with E-state index in [2.05, 4.69) is 5.32 Å². The second kappa shape index (κ2) is 7.94. The van der Waals surface area contributed by atoms with Crippen molar-refractivity contribution in [1.29, 1.82) is 0 Å². The first kappa shape index (κ1) is 17.2. The summed E-state index contributed by atoms with van der Waals surface area (Å²) >= 11 is 6.13. The fraction of sp³-hybridized carbons (Fsp3) is 0.294. The van der Waals surface area contributed by atoms with Crippen LogP contribution in [0.3, 0.4) is 0 Å². The zero-order valence-corrected chi connectivity index (χ0v) is 14.0. The molecular formula is C17H16ClNO6. The zero-order valence-electron chi connectivity index (χ0n) is 13.2. The zero-order chi connectivity index (χ0) is 17.6. The average Bonchev–Trinajstić information content (AvgIpc) is 3.15. The van der Waals surface area contributed by atoms with E-state index in [1.165, 1.54) is 6.26 Å². The molecule has 0 fully saturated rings. The van der Waals surface area contributed by atoms with Gasteiger partial charge in [0.15, 0.2) is 17.3 Å². The third-order valence-electron chi connectivity index (χ3n) is 3.42. The largest absolute Gasteiger partial charge is 0.486 e. The van der Waals surface area contributed by atoms with Gasteiger partial charge < -0.3 is 23.9 Å². The first-order valence-electron chi connectivity index (χ1n) is 7.69. The van der Waals surface area contributed by atoms with Gasteiger partial charge in [-0.05, 0) is 29.8 Å². The molecule has 7 nitrogen and oxygen atoms in total. The van der Waals surface area contributed by atoms with Crippen LogP contribution >= 0.6 is 11.6 Å². The van der Waals surface area contributed by atoms with Crippen molar-refractivity contribution in [3.63, 3.8) is 0 Å². The molecule has 1 amide bonds. The summed E-state index contributed by atoms with van der Waals surface area (Å²) in [6.45, 7) is 1.11. The smallest absolute Gasteiger partial charge is 0.307 e. The maximum absolute atomic E-state index is 11.8. The van der Waals surface area contributed by atoms with E-state index in [1.807, 2.05) is 0 Å². The maximum Gasteiger partial charge on any atom is 0.307 e. The van der Waals surface area contributed by atoms with Gasteiger partial charge in [0, 0.05) is 6.54 Å². The van der Waals surface area contributed by atoms with Gasteiger partial charge in [-0.1, -0.05) is 11.6 Å². The summed E-state index contributed by atoms with van der Waals surface area (Å²) in [5.41, 5.74) is 0.697. The topological polar surface area (TPSA) is 87.0 Å². The monoisotopic (exact) mass is 365 g/mol. The number of esters is 1. The van der Waals surface area contributed by atoms with Gasteiger partial charge in [0.2, 0.25) is 0 Å². The molecule has 0 unspecified atom stereocenters. The van der Waals surface area contributed by atoms with E-state index in [0.29, 0.717) is 35.3 Å². The SMILES string of the molecule is O=C(CCNC(=O)c1ccco1)OCc1cc(Cl)c2c(c1)OCCO2.